The van der Waals surface area contributed by atoms with Crippen molar-refractivity contribution in [3.8, 4) is 5.75 Å². The van der Waals surface area contributed by atoms with Crippen LogP contribution in [-0.2, 0) is 13.0 Å². The van der Waals surface area contributed by atoms with Gasteiger partial charge in [0.1, 0.15) is 5.75 Å². The Morgan fingerprint density at radius 1 is 1.05 bits per heavy atom. The minimum atomic E-state index is 0.0574. The van der Waals surface area contributed by atoms with Crippen molar-refractivity contribution in [1.82, 2.24) is 0 Å². The predicted octanol–water partition coefficient (Wildman–Crippen LogP) is 2.93. The molecule has 100 valence electrons. The van der Waals surface area contributed by atoms with Crippen LogP contribution in [0.5, 0.6) is 5.75 Å². The third-order valence-electron chi connectivity index (χ3n) is 3.00. The smallest absolute Gasteiger partial charge is 0.115 e. The van der Waals surface area contributed by atoms with E-state index in [1.54, 1.807) is 12.1 Å². The van der Waals surface area contributed by atoms with E-state index >= 15 is 0 Å². The van der Waals surface area contributed by atoms with Gasteiger partial charge in [-0.1, -0.05) is 24.3 Å². The third kappa shape index (κ3) is 4.00. The number of nitrogens with one attached hydrogen (secondary N) is 1. The minimum absolute atomic E-state index is 0.0574. The zero-order valence-corrected chi connectivity index (χ0v) is 11.0. The fourth-order valence-corrected chi connectivity index (χ4v) is 2.08. The van der Waals surface area contributed by atoms with Crippen LogP contribution < -0.4 is 5.32 Å². The molecular weight excluding hydrogens is 238 g/mol. The van der Waals surface area contributed by atoms with Crippen LogP contribution in [0.1, 0.15) is 18.1 Å². The molecule has 0 aliphatic rings. The Kier molecular flexibility index (Phi) is 4.42. The summed E-state index contributed by atoms with van der Waals surface area (Å²) < 4.78 is 0. The maximum Gasteiger partial charge on any atom is 0.115 e. The maximum atomic E-state index is 9.24. The Morgan fingerprint density at radius 2 is 1.79 bits per heavy atom. The quantitative estimate of drug-likeness (QED) is 0.772. The fraction of sp³-hybridized carbons (Fsp3) is 0.250. The molecule has 0 fully saturated rings. The number of aromatic hydroxyl groups is 1. The fourth-order valence-electron chi connectivity index (χ4n) is 2.08. The lowest BCUT2D eigenvalue weighted by atomic mass is 10.1. The zero-order valence-electron chi connectivity index (χ0n) is 11.0. The number of hydrogen-bond donors (Lipinski definition) is 3. The van der Waals surface area contributed by atoms with Gasteiger partial charge in [0.05, 0.1) is 6.61 Å². The molecule has 19 heavy (non-hydrogen) atoms. The number of rotatable bonds is 5. The van der Waals surface area contributed by atoms with Crippen LogP contribution in [0.4, 0.5) is 5.69 Å². The van der Waals surface area contributed by atoms with Gasteiger partial charge in [-0.3, -0.25) is 0 Å². The van der Waals surface area contributed by atoms with Gasteiger partial charge in [-0.05, 0) is 48.7 Å². The van der Waals surface area contributed by atoms with Crippen molar-refractivity contribution in [2.45, 2.75) is 26.0 Å². The van der Waals surface area contributed by atoms with E-state index in [1.807, 2.05) is 36.4 Å². The van der Waals surface area contributed by atoms with Crippen LogP contribution in [0.15, 0.2) is 48.5 Å². The first kappa shape index (κ1) is 13.4. The number of hydrogen-bond acceptors (Lipinski definition) is 3. The summed E-state index contributed by atoms with van der Waals surface area (Å²) in [6.45, 7) is 2.17. The summed E-state index contributed by atoms with van der Waals surface area (Å²) >= 11 is 0. The Labute approximate surface area is 113 Å². The van der Waals surface area contributed by atoms with Crippen LogP contribution in [-0.4, -0.2) is 16.3 Å². The van der Waals surface area contributed by atoms with Crippen LogP contribution >= 0.6 is 0 Å². The largest absolute Gasteiger partial charge is 0.508 e. The van der Waals surface area contributed by atoms with Gasteiger partial charge in [0, 0.05) is 11.7 Å². The molecule has 2 rings (SSSR count). The topological polar surface area (TPSA) is 52.5 Å². The van der Waals surface area contributed by atoms with Gasteiger partial charge in [-0.15, -0.1) is 0 Å². The van der Waals surface area contributed by atoms with Gasteiger partial charge in [0.2, 0.25) is 0 Å². The second kappa shape index (κ2) is 6.25. The summed E-state index contributed by atoms with van der Waals surface area (Å²) in [5.41, 5.74) is 3.09. The maximum absolute atomic E-state index is 9.24. The molecule has 0 radical (unpaired) electrons. The first-order valence-electron chi connectivity index (χ1n) is 6.41. The van der Waals surface area contributed by atoms with Crippen molar-refractivity contribution in [2.75, 3.05) is 5.32 Å². The molecule has 3 heteroatoms. The predicted molar refractivity (Wildman–Crippen MR) is 77.3 cm³/mol. The Morgan fingerprint density at radius 3 is 2.47 bits per heavy atom. The molecule has 0 saturated carbocycles. The van der Waals surface area contributed by atoms with E-state index in [1.165, 1.54) is 5.56 Å². The van der Waals surface area contributed by atoms with Crippen molar-refractivity contribution >= 4 is 5.69 Å². The molecule has 0 amide bonds. The van der Waals surface area contributed by atoms with Crippen LogP contribution in [0.2, 0.25) is 0 Å². The summed E-state index contributed by atoms with van der Waals surface area (Å²) in [6.07, 6.45) is 0.879. The van der Waals surface area contributed by atoms with Crippen molar-refractivity contribution in [3.05, 3.63) is 59.7 Å². The second-order valence-electron chi connectivity index (χ2n) is 4.77. The molecule has 0 spiro atoms. The number of anilines is 1. The number of benzene rings is 2. The molecule has 2 aromatic carbocycles. The molecule has 1 unspecified atom stereocenters. The third-order valence-corrected chi connectivity index (χ3v) is 3.00. The van der Waals surface area contributed by atoms with E-state index < -0.39 is 0 Å². The minimum Gasteiger partial charge on any atom is -0.508 e. The molecule has 0 heterocycles. The van der Waals surface area contributed by atoms with Gasteiger partial charge in [-0.25, -0.2) is 0 Å². The summed E-state index contributed by atoms with van der Waals surface area (Å²) in [4.78, 5) is 0. The Hall–Kier alpha value is -2.00. The lowest BCUT2D eigenvalue weighted by molar-refractivity contribution is 0.282. The van der Waals surface area contributed by atoms with Gasteiger partial charge in [-0.2, -0.15) is 0 Å². The highest BCUT2D eigenvalue weighted by atomic mass is 16.3. The average molecular weight is 257 g/mol. The summed E-state index contributed by atoms with van der Waals surface area (Å²) in [5.74, 6) is 0.292. The lowest BCUT2D eigenvalue weighted by Crippen LogP contribution is -2.18. The van der Waals surface area contributed by atoms with Gasteiger partial charge in [0.15, 0.2) is 0 Å². The average Bonchev–Trinajstić information content (AvgIpc) is 2.41. The number of aliphatic hydroxyl groups is 1. The van der Waals surface area contributed by atoms with Gasteiger partial charge in [0.25, 0.3) is 0 Å². The Bertz CT molecular complexity index is 523. The normalized spacial score (nSPS) is 12.1. The summed E-state index contributed by atoms with van der Waals surface area (Å²) in [7, 11) is 0. The van der Waals surface area contributed by atoms with Crippen molar-refractivity contribution in [2.24, 2.45) is 0 Å². The molecule has 0 aliphatic heterocycles. The lowest BCUT2D eigenvalue weighted by Gasteiger charge is -2.16. The highest BCUT2D eigenvalue weighted by Gasteiger charge is 2.04. The number of phenols is 1. The standard InChI is InChI=1S/C16H19NO2/c1-12(9-13-5-7-16(19)8-6-13)17-15-4-2-3-14(10-15)11-18/h2-8,10,12,17-19H,9,11H2,1H3. The molecule has 3 N–H and O–H groups in total. The van der Waals surface area contributed by atoms with E-state index in [9.17, 15) is 5.11 Å². The van der Waals surface area contributed by atoms with Crippen molar-refractivity contribution < 1.29 is 10.2 Å². The van der Waals surface area contributed by atoms with E-state index in [2.05, 4.69) is 12.2 Å². The van der Waals surface area contributed by atoms with Gasteiger partial charge < -0.3 is 15.5 Å². The molecule has 1 atom stereocenters. The monoisotopic (exact) mass is 257 g/mol. The summed E-state index contributed by atoms with van der Waals surface area (Å²) in [5, 5.41) is 21.8. The molecule has 0 aromatic heterocycles. The van der Waals surface area contributed by atoms with E-state index in [-0.39, 0.29) is 12.6 Å². The van der Waals surface area contributed by atoms with E-state index in [0.29, 0.717) is 5.75 Å². The Balaban J connectivity index is 1.96. The van der Waals surface area contributed by atoms with Gasteiger partial charge >= 0.3 is 0 Å². The van der Waals surface area contributed by atoms with E-state index in [4.69, 9.17) is 5.11 Å². The first-order chi connectivity index (χ1) is 9.17. The summed E-state index contributed by atoms with van der Waals surface area (Å²) in [6, 6.07) is 15.3. The second-order valence-corrected chi connectivity index (χ2v) is 4.77. The molecule has 3 nitrogen and oxygen atoms in total. The molecular formula is C16H19NO2. The van der Waals surface area contributed by atoms with Crippen LogP contribution in [0.3, 0.4) is 0 Å². The molecule has 2 aromatic rings. The van der Waals surface area contributed by atoms with Crippen LogP contribution in [0.25, 0.3) is 0 Å². The van der Waals surface area contributed by atoms with Crippen molar-refractivity contribution in [1.29, 1.82) is 0 Å². The highest BCUT2D eigenvalue weighted by Crippen LogP contribution is 2.15. The number of aliphatic hydroxyl groups excluding tert-OH is 1. The zero-order chi connectivity index (χ0) is 13.7. The molecule has 0 saturated heterocycles. The SMILES string of the molecule is CC(Cc1ccc(O)cc1)Nc1cccc(CO)c1. The number of phenolic OH excluding ortho intramolecular Hbond substituents is 1. The van der Waals surface area contributed by atoms with E-state index in [0.717, 1.165) is 17.7 Å². The molecule has 0 aliphatic carbocycles. The highest BCUT2D eigenvalue weighted by molar-refractivity contribution is 5.46. The first-order valence-corrected chi connectivity index (χ1v) is 6.41. The van der Waals surface area contributed by atoms with Crippen LogP contribution in [0, 0.1) is 0 Å². The molecule has 0 bridgehead atoms. The van der Waals surface area contributed by atoms with Crippen molar-refractivity contribution in [3.63, 3.8) is 0 Å².